The minimum absolute atomic E-state index is 0.326. The average molecular weight is 251 g/mol. The molecule has 0 N–H and O–H groups in total. The maximum Gasteiger partial charge on any atom is 0.236 e. The molecule has 0 aliphatic carbocycles. The van der Waals surface area contributed by atoms with Crippen molar-refractivity contribution in [3.8, 4) is 0 Å². The van der Waals surface area contributed by atoms with Gasteiger partial charge in [-0.15, -0.1) is 6.58 Å². The molecule has 102 valence electrons. The molecule has 2 aliphatic heterocycles. The normalized spacial score (nSPS) is 23.0. The van der Waals surface area contributed by atoms with E-state index in [1.165, 1.54) is 19.3 Å². The fourth-order valence-electron chi connectivity index (χ4n) is 2.75. The summed E-state index contributed by atoms with van der Waals surface area (Å²) in [6, 6.07) is 0. The van der Waals surface area contributed by atoms with Crippen LogP contribution in [0.4, 0.5) is 0 Å². The van der Waals surface area contributed by atoms with Gasteiger partial charge in [0.15, 0.2) is 0 Å². The summed E-state index contributed by atoms with van der Waals surface area (Å²) in [4.78, 5) is 18.8. The Morgan fingerprint density at radius 3 is 2.17 bits per heavy atom. The van der Waals surface area contributed by atoms with Gasteiger partial charge in [0.05, 0.1) is 6.54 Å². The average Bonchev–Trinajstić information content (AvgIpc) is 2.42. The van der Waals surface area contributed by atoms with Crippen LogP contribution in [0.25, 0.3) is 0 Å². The lowest BCUT2D eigenvalue weighted by atomic mass is 10.1. The van der Waals surface area contributed by atoms with E-state index in [1.807, 2.05) is 11.0 Å². The van der Waals surface area contributed by atoms with Crippen LogP contribution in [-0.2, 0) is 4.79 Å². The Morgan fingerprint density at radius 1 is 0.944 bits per heavy atom. The second-order valence-electron chi connectivity index (χ2n) is 5.31. The van der Waals surface area contributed by atoms with Crippen LogP contribution in [0, 0.1) is 0 Å². The number of hydrogen-bond donors (Lipinski definition) is 0. The van der Waals surface area contributed by atoms with E-state index in [2.05, 4.69) is 16.4 Å². The number of amides is 1. The van der Waals surface area contributed by atoms with Gasteiger partial charge < -0.3 is 4.90 Å². The zero-order chi connectivity index (χ0) is 12.8. The molecule has 0 aromatic heterocycles. The van der Waals surface area contributed by atoms with Crippen molar-refractivity contribution in [1.82, 2.24) is 14.7 Å². The van der Waals surface area contributed by atoms with Crippen molar-refractivity contribution in [3.05, 3.63) is 12.7 Å². The fraction of sp³-hybridized carbons (Fsp3) is 0.786. The minimum atomic E-state index is 0.326. The number of carbonyl (C=O) groups excluding carboxylic acids is 1. The van der Waals surface area contributed by atoms with E-state index in [-0.39, 0.29) is 0 Å². The molecule has 0 spiro atoms. The van der Waals surface area contributed by atoms with Crippen molar-refractivity contribution in [2.75, 3.05) is 52.4 Å². The number of likely N-dealkylation sites (tertiary alicyclic amines) is 1. The van der Waals surface area contributed by atoms with Crippen molar-refractivity contribution in [2.24, 2.45) is 0 Å². The molecule has 2 heterocycles. The lowest BCUT2D eigenvalue weighted by Crippen LogP contribution is -2.50. The molecule has 0 unspecified atom stereocenters. The summed E-state index contributed by atoms with van der Waals surface area (Å²) >= 11 is 0. The maximum atomic E-state index is 12.1. The molecule has 2 rings (SSSR count). The van der Waals surface area contributed by atoms with Gasteiger partial charge in [0.2, 0.25) is 5.91 Å². The van der Waals surface area contributed by atoms with Gasteiger partial charge in [0.1, 0.15) is 0 Å². The van der Waals surface area contributed by atoms with Crippen LogP contribution in [0.15, 0.2) is 12.7 Å². The van der Waals surface area contributed by atoms with Crippen LogP contribution >= 0.6 is 0 Å². The van der Waals surface area contributed by atoms with E-state index in [0.29, 0.717) is 12.5 Å². The molecule has 0 aromatic rings. The van der Waals surface area contributed by atoms with Crippen LogP contribution < -0.4 is 0 Å². The summed E-state index contributed by atoms with van der Waals surface area (Å²) in [5.41, 5.74) is 0. The summed E-state index contributed by atoms with van der Waals surface area (Å²) in [6.07, 6.45) is 5.59. The van der Waals surface area contributed by atoms with Crippen LogP contribution in [0.1, 0.15) is 19.3 Å². The molecule has 2 fully saturated rings. The maximum absolute atomic E-state index is 12.1. The van der Waals surface area contributed by atoms with Crippen molar-refractivity contribution in [3.63, 3.8) is 0 Å². The van der Waals surface area contributed by atoms with Crippen molar-refractivity contribution >= 4 is 5.91 Å². The Balaban J connectivity index is 1.70. The van der Waals surface area contributed by atoms with Gasteiger partial charge in [0.25, 0.3) is 0 Å². The Bertz CT molecular complexity index is 279. The van der Waals surface area contributed by atoms with Gasteiger partial charge in [-0.05, 0) is 19.3 Å². The Hall–Kier alpha value is -0.870. The molecule has 0 bridgehead atoms. The van der Waals surface area contributed by atoms with E-state index in [1.54, 1.807) is 0 Å². The standard InChI is InChI=1S/C14H25N3O/c1-2-6-15-9-11-16(12-10-15)13-14(18)17-7-4-3-5-8-17/h2H,1,3-13H2. The molecule has 0 radical (unpaired) electrons. The third-order valence-corrected chi connectivity index (χ3v) is 3.92. The number of piperidine rings is 1. The molecule has 0 saturated carbocycles. The Kier molecular flexibility index (Phi) is 5.20. The number of piperazine rings is 1. The lowest BCUT2D eigenvalue weighted by Gasteiger charge is -2.35. The lowest BCUT2D eigenvalue weighted by molar-refractivity contribution is -0.133. The topological polar surface area (TPSA) is 26.8 Å². The highest BCUT2D eigenvalue weighted by molar-refractivity contribution is 5.78. The third kappa shape index (κ3) is 3.82. The van der Waals surface area contributed by atoms with Crippen LogP contribution in [-0.4, -0.2) is 73.0 Å². The summed E-state index contributed by atoms with van der Waals surface area (Å²) in [5.74, 6) is 0.326. The van der Waals surface area contributed by atoms with E-state index >= 15 is 0 Å². The smallest absolute Gasteiger partial charge is 0.236 e. The first-order chi connectivity index (χ1) is 8.79. The first-order valence-electron chi connectivity index (χ1n) is 7.13. The predicted octanol–water partition coefficient (Wildman–Crippen LogP) is 0.802. The van der Waals surface area contributed by atoms with Gasteiger partial charge in [-0.3, -0.25) is 14.6 Å². The van der Waals surface area contributed by atoms with E-state index in [9.17, 15) is 4.79 Å². The Labute approximate surface area is 110 Å². The SMILES string of the molecule is C=CCN1CCN(CC(=O)N2CCCCC2)CC1. The van der Waals surface area contributed by atoms with Crippen molar-refractivity contribution in [2.45, 2.75) is 19.3 Å². The van der Waals surface area contributed by atoms with Gasteiger partial charge in [0, 0.05) is 45.8 Å². The largest absolute Gasteiger partial charge is 0.342 e. The summed E-state index contributed by atoms with van der Waals surface area (Å²) in [5, 5.41) is 0. The first kappa shape index (κ1) is 13.6. The molecule has 4 heteroatoms. The Morgan fingerprint density at radius 2 is 1.56 bits per heavy atom. The summed E-state index contributed by atoms with van der Waals surface area (Å²) in [7, 11) is 0. The van der Waals surface area contributed by atoms with Gasteiger partial charge >= 0.3 is 0 Å². The van der Waals surface area contributed by atoms with Gasteiger partial charge in [-0.1, -0.05) is 6.08 Å². The highest BCUT2D eigenvalue weighted by atomic mass is 16.2. The van der Waals surface area contributed by atoms with Crippen LogP contribution in [0.3, 0.4) is 0 Å². The third-order valence-electron chi connectivity index (χ3n) is 3.92. The molecule has 1 amide bonds. The molecule has 4 nitrogen and oxygen atoms in total. The second kappa shape index (κ2) is 6.90. The van der Waals surface area contributed by atoms with Gasteiger partial charge in [-0.2, -0.15) is 0 Å². The molecule has 0 atom stereocenters. The highest BCUT2D eigenvalue weighted by Crippen LogP contribution is 2.10. The zero-order valence-corrected chi connectivity index (χ0v) is 11.3. The number of nitrogens with zero attached hydrogens (tertiary/aromatic N) is 3. The molecular formula is C14H25N3O. The molecule has 2 aliphatic rings. The highest BCUT2D eigenvalue weighted by Gasteiger charge is 2.22. The monoisotopic (exact) mass is 251 g/mol. The van der Waals surface area contributed by atoms with Gasteiger partial charge in [-0.25, -0.2) is 0 Å². The number of carbonyl (C=O) groups is 1. The van der Waals surface area contributed by atoms with E-state index < -0.39 is 0 Å². The summed E-state index contributed by atoms with van der Waals surface area (Å²) < 4.78 is 0. The summed E-state index contributed by atoms with van der Waals surface area (Å²) in [6.45, 7) is 11.4. The van der Waals surface area contributed by atoms with E-state index in [0.717, 1.165) is 45.8 Å². The van der Waals surface area contributed by atoms with Crippen LogP contribution in [0.5, 0.6) is 0 Å². The molecule has 2 saturated heterocycles. The fourth-order valence-corrected chi connectivity index (χ4v) is 2.75. The van der Waals surface area contributed by atoms with Crippen molar-refractivity contribution < 1.29 is 4.79 Å². The van der Waals surface area contributed by atoms with Crippen molar-refractivity contribution in [1.29, 1.82) is 0 Å². The second-order valence-corrected chi connectivity index (χ2v) is 5.31. The minimum Gasteiger partial charge on any atom is -0.342 e. The number of rotatable bonds is 4. The molecular weight excluding hydrogens is 226 g/mol. The predicted molar refractivity (Wildman–Crippen MR) is 73.5 cm³/mol. The quantitative estimate of drug-likeness (QED) is 0.692. The zero-order valence-electron chi connectivity index (χ0n) is 11.3. The number of hydrogen-bond acceptors (Lipinski definition) is 3. The molecule has 18 heavy (non-hydrogen) atoms. The van der Waals surface area contributed by atoms with E-state index in [4.69, 9.17) is 0 Å². The van der Waals surface area contributed by atoms with Crippen LogP contribution in [0.2, 0.25) is 0 Å². The molecule has 0 aromatic carbocycles. The first-order valence-corrected chi connectivity index (χ1v) is 7.13.